The molecule has 0 aliphatic heterocycles. The van der Waals surface area contributed by atoms with Gasteiger partial charge in [0.15, 0.2) is 0 Å². The topological polar surface area (TPSA) is 51.5 Å². The quantitative estimate of drug-likeness (QED) is 0.769. The standard InChI is InChI=1S/C9H16NO3P/c1-4-13-14(3,11)9(10-2)8-6-5-7-12-8/h5-7,9-10H,4H2,1-3H3. The highest BCUT2D eigenvalue weighted by Crippen LogP contribution is 2.55. The van der Waals surface area contributed by atoms with E-state index in [-0.39, 0.29) is 5.78 Å². The van der Waals surface area contributed by atoms with Gasteiger partial charge >= 0.3 is 0 Å². The number of hydrogen-bond acceptors (Lipinski definition) is 4. The van der Waals surface area contributed by atoms with Crippen LogP contribution in [-0.4, -0.2) is 20.3 Å². The van der Waals surface area contributed by atoms with Crippen molar-refractivity contribution in [2.75, 3.05) is 20.3 Å². The minimum atomic E-state index is -2.70. The molecule has 1 aromatic rings. The van der Waals surface area contributed by atoms with Gasteiger partial charge in [0.25, 0.3) is 0 Å². The zero-order valence-electron chi connectivity index (χ0n) is 8.69. The smallest absolute Gasteiger partial charge is 0.224 e. The molecule has 0 aliphatic carbocycles. The van der Waals surface area contributed by atoms with Crippen LogP contribution in [0.25, 0.3) is 0 Å². The third-order valence-corrected chi connectivity index (χ3v) is 4.16. The fraction of sp³-hybridized carbons (Fsp3) is 0.556. The zero-order valence-corrected chi connectivity index (χ0v) is 9.58. The molecular weight excluding hydrogens is 201 g/mol. The molecule has 0 aromatic carbocycles. The second-order valence-corrected chi connectivity index (χ2v) is 5.63. The van der Waals surface area contributed by atoms with Gasteiger partial charge in [-0.15, -0.1) is 0 Å². The molecule has 4 nitrogen and oxygen atoms in total. The molecule has 2 unspecified atom stereocenters. The van der Waals surface area contributed by atoms with Crippen molar-refractivity contribution < 1.29 is 13.5 Å². The van der Waals surface area contributed by atoms with Crippen LogP contribution in [0.2, 0.25) is 0 Å². The summed E-state index contributed by atoms with van der Waals surface area (Å²) in [5.74, 6) is 0.282. The lowest BCUT2D eigenvalue weighted by Crippen LogP contribution is -2.17. The first kappa shape index (κ1) is 11.5. The normalized spacial score (nSPS) is 17.6. The Hall–Kier alpha value is -0.570. The molecule has 0 amide bonds. The monoisotopic (exact) mass is 217 g/mol. The van der Waals surface area contributed by atoms with Gasteiger partial charge in [-0.2, -0.15) is 0 Å². The van der Waals surface area contributed by atoms with Crippen LogP contribution in [0.15, 0.2) is 22.8 Å². The van der Waals surface area contributed by atoms with Crippen LogP contribution in [0.1, 0.15) is 18.5 Å². The Balaban J connectivity index is 2.87. The Bertz CT molecular complexity index is 310. The third-order valence-electron chi connectivity index (χ3n) is 1.94. The third kappa shape index (κ3) is 2.47. The van der Waals surface area contributed by atoms with E-state index in [0.717, 1.165) is 0 Å². The summed E-state index contributed by atoms with van der Waals surface area (Å²) in [6.07, 6.45) is 1.56. The highest BCUT2D eigenvalue weighted by atomic mass is 31.2. The van der Waals surface area contributed by atoms with Crippen LogP contribution < -0.4 is 5.32 Å². The molecule has 14 heavy (non-hydrogen) atoms. The van der Waals surface area contributed by atoms with Crippen LogP contribution >= 0.6 is 7.37 Å². The molecule has 1 aromatic heterocycles. The van der Waals surface area contributed by atoms with Gasteiger partial charge in [-0.1, -0.05) is 0 Å². The first-order valence-electron chi connectivity index (χ1n) is 4.54. The second kappa shape index (κ2) is 4.78. The fourth-order valence-corrected chi connectivity index (χ4v) is 3.13. The predicted molar refractivity (Wildman–Crippen MR) is 55.7 cm³/mol. The summed E-state index contributed by atoms with van der Waals surface area (Å²) < 4.78 is 22.5. The molecule has 0 saturated carbocycles. The summed E-state index contributed by atoms with van der Waals surface area (Å²) in [4.78, 5) is 0. The van der Waals surface area contributed by atoms with Crippen molar-refractivity contribution in [3.05, 3.63) is 24.2 Å². The Kier molecular flexibility index (Phi) is 3.93. The highest BCUT2D eigenvalue weighted by molar-refractivity contribution is 7.58. The summed E-state index contributed by atoms with van der Waals surface area (Å²) in [5, 5.41) is 2.95. The van der Waals surface area contributed by atoms with Crippen LogP contribution in [-0.2, 0) is 9.09 Å². The Labute approximate surface area is 84.1 Å². The molecule has 0 saturated heterocycles. The molecular formula is C9H16NO3P. The molecule has 1 heterocycles. The summed E-state index contributed by atoms with van der Waals surface area (Å²) in [5.41, 5.74) is 0. The average molecular weight is 217 g/mol. The molecule has 0 radical (unpaired) electrons. The number of rotatable bonds is 5. The summed E-state index contributed by atoms with van der Waals surface area (Å²) in [7, 11) is -0.958. The lowest BCUT2D eigenvalue weighted by Gasteiger charge is -2.21. The average Bonchev–Trinajstić information content (AvgIpc) is 2.57. The summed E-state index contributed by atoms with van der Waals surface area (Å²) in [6.45, 7) is 3.87. The van der Waals surface area contributed by atoms with E-state index in [1.807, 2.05) is 6.92 Å². The zero-order chi connectivity index (χ0) is 10.6. The van der Waals surface area contributed by atoms with Crippen molar-refractivity contribution >= 4 is 7.37 Å². The summed E-state index contributed by atoms with van der Waals surface area (Å²) >= 11 is 0. The molecule has 0 aliphatic rings. The van der Waals surface area contributed by atoms with E-state index in [9.17, 15) is 4.57 Å². The molecule has 0 spiro atoms. The first-order chi connectivity index (χ1) is 6.61. The first-order valence-corrected chi connectivity index (χ1v) is 6.68. The van der Waals surface area contributed by atoms with Gasteiger partial charge in [-0.05, 0) is 26.1 Å². The van der Waals surface area contributed by atoms with Crippen LogP contribution in [0.4, 0.5) is 0 Å². The SMILES string of the molecule is CCOP(C)(=O)C(NC)c1ccco1. The minimum Gasteiger partial charge on any atom is -0.467 e. The van der Waals surface area contributed by atoms with E-state index in [0.29, 0.717) is 12.4 Å². The van der Waals surface area contributed by atoms with Crippen LogP contribution in [0, 0.1) is 0 Å². The van der Waals surface area contributed by atoms with Gasteiger partial charge in [-0.25, -0.2) is 0 Å². The van der Waals surface area contributed by atoms with Gasteiger partial charge in [0.1, 0.15) is 11.5 Å². The Morgan fingerprint density at radius 1 is 1.71 bits per heavy atom. The van der Waals surface area contributed by atoms with Gasteiger partial charge < -0.3 is 14.3 Å². The van der Waals surface area contributed by atoms with Crippen molar-refractivity contribution in [2.24, 2.45) is 0 Å². The summed E-state index contributed by atoms with van der Waals surface area (Å²) in [6, 6.07) is 3.56. The van der Waals surface area contributed by atoms with Crippen molar-refractivity contribution in [1.82, 2.24) is 5.32 Å². The predicted octanol–water partition coefficient (Wildman–Crippen LogP) is 2.44. The Morgan fingerprint density at radius 3 is 2.86 bits per heavy atom. The Morgan fingerprint density at radius 2 is 2.43 bits per heavy atom. The lowest BCUT2D eigenvalue weighted by atomic mass is 10.4. The lowest BCUT2D eigenvalue weighted by molar-refractivity contribution is 0.319. The van der Waals surface area contributed by atoms with Crippen molar-refractivity contribution in [2.45, 2.75) is 12.7 Å². The molecule has 2 atom stereocenters. The van der Waals surface area contributed by atoms with E-state index in [4.69, 9.17) is 8.94 Å². The van der Waals surface area contributed by atoms with Gasteiger partial charge in [-0.3, -0.25) is 4.57 Å². The second-order valence-electron chi connectivity index (χ2n) is 3.03. The van der Waals surface area contributed by atoms with Crippen molar-refractivity contribution in [3.63, 3.8) is 0 Å². The van der Waals surface area contributed by atoms with Gasteiger partial charge in [0, 0.05) is 6.66 Å². The molecule has 0 fully saturated rings. The fourth-order valence-electron chi connectivity index (χ4n) is 1.39. The van der Waals surface area contributed by atoms with Gasteiger partial charge in [0.2, 0.25) is 7.37 Å². The van der Waals surface area contributed by atoms with Crippen molar-refractivity contribution in [1.29, 1.82) is 0 Å². The molecule has 5 heteroatoms. The maximum absolute atomic E-state index is 12.1. The van der Waals surface area contributed by atoms with E-state index >= 15 is 0 Å². The number of nitrogens with one attached hydrogen (secondary N) is 1. The minimum absolute atomic E-state index is 0.363. The van der Waals surface area contributed by atoms with E-state index in [1.165, 1.54) is 0 Å². The van der Waals surface area contributed by atoms with E-state index in [1.54, 1.807) is 32.1 Å². The van der Waals surface area contributed by atoms with Crippen LogP contribution in [0.3, 0.4) is 0 Å². The number of hydrogen-bond donors (Lipinski definition) is 1. The van der Waals surface area contributed by atoms with Crippen LogP contribution in [0.5, 0.6) is 0 Å². The molecule has 80 valence electrons. The highest BCUT2D eigenvalue weighted by Gasteiger charge is 2.31. The van der Waals surface area contributed by atoms with Gasteiger partial charge in [0.05, 0.1) is 12.9 Å². The largest absolute Gasteiger partial charge is 0.467 e. The molecule has 1 N–H and O–H groups in total. The van der Waals surface area contributed by atoms with E-state index in [2.05, 4.69) is 5.32 Å². The van der Waals surface area contributed by atoms with Crippen molar-refractivity contribution in [3.8, 4) is 0 Å². The number of furan rings is 1. The maximum Gasteiger partial charge on any atom is 0.224 e. The maximum atomic E-state index is 12.1. The molecule has 0 bridgehead atoms. The molecule has 1 rings (SSSR count). The van der Waals surface area contributed by atoms with E-state index < -0.39 is 7.37 Å².